The Bertz CT molecular complexity index is 208. The lowest BCUT2D eigenvalue weighted by Crippen LogP contribution is -2.32. The van der Waals surface area contributed by atoms with E-state index in [1.54, 1.807) is 0 Å². The van der Waals surface area contributed by atoms with Crippen LogP contribution in [0, 0.1) is 17.8 Å². The highest BCUT2D eigenvalue weighted by molar-refractivity contribution is 5.77. The van der Waals surface area contributed by atoms with E-state index in [9.17, 15) is 0 Å². The maximum Gasteiger partial charge on any atom is 0.188 e. The van der Waals surface area contributed by atoms with Gasteiger partial charge in [0.05, 0.1) is 0 Å². The summed E-state index contributed by atoms with van der Waals surface area (Å²) in [5, 5.41) is 3.00. The fourth-order valence-corrected chi connectivity index (χ4v) is 0.715. The van der Waals surface area contributed by atoms with Crippen LogP contribution in [-0.4, -0.2) is 19.0 Å². The maximum atomic E-state index is 5.59. The van der Waals surface area contributed by atoms with Crippen LogP contribution in [0.15, 0.2) is 4.99 Å². The second-order valence-electron chi connectivity index (χ2n) is 3.22. The molecule has 3 N–H and O–H groups in total. The number of hydrogen-bond acceptors (Lipinski definition) is 1. The quantitative estimate of drug-likeness (QED) is 0.294. The minimum absolute atomic E-state index is 0.520. The van der Waals surface area contributed by atoms with Gasteiger partial charge in [0.25, 0.3) is 0 Å². The van der Waals surface area contributed by atoms with Gasteiger partial charge in [0.2, 0.25) is 0 Å². The first-order chi connectivity index (χ1) is 6.16. The van der Waals surface area contributed by atoms with Gasteiger partial charge in [-0.05, 0) is 12.8 Å². The smallest absolute Gasteiger partial charge is 0.188 e. The van der Waals surface area contributed by atoms with Gasteiger partial charge in [0.15, 0.2) is 5.96 Å². The van der Waals surface area contributed by atoms with Crippen molar-refractivity contribution in [2.75, 3.05) is 13.1 Å². The molecule has 0 rings (SSSR count). The second-order valence-corrected chi connectivity index (χ2v) is 3.22. The van der Waals surface area contributed by atoms with Gasteiger partial charge in [0.1, 0.15) is 0 Å². The molecular weight excluding hydrogens is 162 g/mol. The summed E-state index contributed by atoms with van der Waals surface area (Å²) in [6.45, 7) is 7.60. The summed E-state index contributed by atoms with van der Waals surface area (Å²) < 4.78 is 0. The molecule has 3 heteroatoms. The maximum absolute atomic E-state index is 5.59. The first kappa shape index (κ1) is 11.8. The largest absolute Gasteiger partial charge is 0.370 e. The summed E-state index contributed by atoms with van der Waals surface area (Å²) in [6.07, 6.45) is 0.814. The Labute approximate surface area is 80.8 Å². The molecule has 0 unspecified atom stereocenters. The van der Waals surface area contributed by atoms with Crippen molar-refractivity contribution in [1.82, 2.24) is 5.32 Å². The molecule has 0 aliphatic carbocycles. The van der Waals surface area contributed by atoms with E-state index in [0.717, 1.165) is 19.5 Å². The molecular formula is C10H19N3. The average molecular weight is 181 g/mol. The van der Waals surface area contributed by atoms with Crippen molar-refractivity contribution in [3.8, 4) is 11.8 Å². The van der Waals surface area contributed by atoms with Gasteiger partial charge in [-0.2, -0.15) is 0 Å². The Morgan fingerprint density at radius 1 is 1.54 bits per heavy atom. The van der Waals surface area contributed by atoms with Crippen LogP contribution >= 0.6 is 0 Å². The molecule has 0 saturated carbocycles. The molecule has 0 bridgehead atoms. The van der Waals surface area contributed by atoms with Crippen molar-refractivity contribution in [3.05, 3.63) is 0 Å². The lowest BCUT2D eigenvalue weighted by Gasteiger charge is -2.04. The summed E-state index contributed by atoms with van der Waals surface area (Å²) in [4.78, 5) is 4.16. The Hall–Kier alpha value is -1.17. The van der Waals surface area contributed by atoms with Gasteiger partial charge in [-0.15, -0.1) is 11.8 Å². The molecule has 0 aromatic carbocycles. The van der Waals surface area contributed by atoms with Crippen LogP contribution in [-0.2, 0) is 0 Å². The van der Waals surface area contributed by atoms with Crippen molar-refractivity contribution in [2.24, 2.45) is 16.6 Å². The van der Waals surface area contributed by atoms with E-state index < -0.39 is 0 Å². The van der Waals surface area contributed by atoms with Gasteiger partial charge >= 0.3 is 0 Å². The third-order valence-electron chi connectivity index (χ3n) is 1.36. The van der Waals surface area contributed by atoms with Crippen molar-refractivity contribution < 1.29 is 0 Å². The van der Waals surface area contributed by atoms with Gasteiger partial charge < -0.3 is 11.1 Å². The summed E-state index contributed by atoms with van der Waals surface area (Å²) in [5.41, 5.74) is 5.59. The molecule has 0 spiro atoms. The molecule has 0 heterocycles. The van der Waals surface area contributed by atoms with E-state index in [1.165, 1.54) is 0 Å². The van der Waals surface area contributed by atoms with Crippen LogP contribution in [0.4, 0.5) is 0 Å². The van der Waals surface area contributed by atoms with Crippen LogP contribution in [0.1, 0.15) is 27.2 Å². The van der Waals surface area contributed by atoms with E-state index in [-0.39, 0.29) is 0 Å². The highest BCUT2D eigenvalue weighted by atomic mass is 15.1. The van der Waals surface area contributed by atoms with Crippen LogP contribution in [0.25, 0.3) is 0 Å². The van der Waals surface area contributed by atoms with Gasteiger partial charge in [-0.3, -0.25) is 4.99 Å². The van der Waals surface area contributed by atoms with Crippen molar-refractivity contribution in [2.45, 2.75) is 27.2 Å². The minimum atomic E-state index is 0.520. The van der Waals surface area contributed by atoms with Gasteiger partial charge in [-0.25, -0.2) is 0 Å². The molecule has 0 atom stereocenters. The van der Waals surface area contributed by atoms with E-state index in [2.05, 4.69) is 36.0 Å². The van der Waals surface area contributed by atoms with E-state index in [1.807, 2.05) is 6.92 Å². The number of rotatable bonds is 4. The van der Waals surface area contributed by atoms with E-state index >= 15 is 0 Å². The third-order valence-corrected chi connectivity index (χ3v) is 1.36. The predicted octanol–water partition coefficient (Wildman–Crippen LogP) is 0.960. The molecule has 0 aromatic rings. The number of aliphatic imine (C=N–C) groups is 1. The van der Waals surface area contributed by atoms with Crippen LogP contribution in [0.3, 0.4) is 0 Å². The molecule has 13 heavy (non-hydrogen) atoms. The summed E-state index contributed by atoms with van der Waals surface area (Å²) in [7, 11) is 0. The van der Waals surface area contributed by atoms with Gasteiger partial charge in [0, 0.05) is 19.5 Å². The molecule has 0 aliphatic rings. The Morgan fingerprint density at radius 2 is 2.23 bits per heavy atom. The zero-order chi connectivity index (χ0) is 10.1. The van der Waals surface area contributed by atoms with Crippen molar-refractivity contribution in [1.29, 1.82) is 0 Å². The monoisotopic (exact) mass is 181 g/mol. The molecule has 0 aromatic heterocycles. The van der Waals surface area contributed by atoms with Crippen LogP contribution in [0.2, 0.25) is 0 Å². The normalized spacial score (nSPS) is 10.9. The molecule has 74 valence electrons. The summed E-state index contributed by atoms with van der Waals surface area (Å²) in [6, 6.07) is 0. The summed E-state index contributed by atoms with van der Waals surface area (Å²) >= 11 is 0. The van der Waals surface area contributed by atoms with Crippen molar-refractivity contribution in [3.63, 3.8) is 0 Å². The van der Waals surface area contributed by atoms with Crippen LogP contribution < -0.4 is 11.1 Å². The van der Waals surface area contributed by atoms with Crippen LogP contribution in [0.5, 0.6) is 0 Å². The lowest BCUT2D eigenvalue weighted by molar-refractivity contribution is 0.661. The fraction of sp³-hybridized carbons (Fsp3) is 0.700. The summed E-state index contributed by atoms with van der Waals surface area (Å²) in [5.74, 6) is 6.84. The van der Waals surface area contributed by atoms with Crippen molar-refractivity contribution >= 4 is 5.96 Å². The first-order valence-electron chi connectivity index (χ1n) is 4.60. The Morgan fingerprint density at radius 3 is 2.77 bits per heavy atom. The first-order valence-corrected chi connectivity index (χ1v) is 4.60. The zero-order valence-corrected chi connectivity index (χ0v) is 8.72. The average Bonchev–Trinajstić information content (AvgIpc) is 2.09. The standard InChI is InChI=1S/C10H19N3/c1-4-5-6-7-12-10(11)13-8-9(2)3/h9H,6-8H2,1-3H3,(H3,11,12,13). The second kappa shape index (κ2) is 7.48. The molecule has 0 radical (unpaired) electrons. The molecule has 0 fully saturated rings. The number of nitrogens with two attached hydrogens (primary N) is 1. The highest BCUT2D eigenvalue weighted by Gasteiger charge is 1.92. The zero-order valence-electron chi connectivity index (χ0n) is 8.72. The topological polar surface area (TPSA) is 50.4 Å². The lowest BCUT2D eigenvalue weighted by atomic mass is 10.2. The molecule has 0 amide bonds. The molecule has 3 nitrogen and oxygen atoms in total. The number of nitrogens with one attached hydrogen (secondary N) is 1. The Balaban J connectivity index is 3.53. The SMILES string of the molecule is CC#CCCNC(N)=NCC(C)C. The Kier molecular flexibility index (Phi) is 6.80. The number of hydrogen-bond donors (Lipinski definition) is 2. The van der Waals surface area contributed by atoms with E-state index in [0.29, 0.717) is 11.9 Å². The third kappa shape index (κ3) is 8.74. The number of nitrogens with zero attached hydrogens (tertiary/aromatic N) is 1. The highest BCUT2D eigenvalue weighted by Crippen LogP contribution is 1.90. The van der Waals surface area contributed by atoms with E-state index in [4.69, 9.17) is 5.73 Å². The number of guanidine groups is 1. The minimum Gasteiger partial charge on any atom is -0.370 e. The predicted molar refractivity (Wildman–Crippen MR) is 57.4 cm³/mol. The molecule has 0 aliphatic heterocycles. The fourth-order valence-electron chi connectivity index (χ4n) is 0.715. The molecule has 0 saturated heterocycles. The van der Waals surface area contributed by atoms with Gasteiger partial charge in [-0.1, -0.05) is 13.8 Å².